The molecule has 0 aliphatic heterocycles. The van der Waals surface area contributed by atoms with Crippen molar-refractivity contribution in [1.29, 1.82) is 0 Å². The molecule has 1 unspecified atom stereocenters. The summed E-state index contributed by atoms with van der Waals surface area (Å²) in [4.78, 5) is 14.4. The molecule has 98 valence electrons. The summed E-state index contributed by atoms with van der Waals surface area (Å²) in [6, 6.07) is 3.00. The molecule has 1 saturated carbocycles. The van der Waals surface area contributed by atoms with Crippen LogP contribution in [0, 0.1) is 16.0 Å². The zero-order valence-electron chi connectivity index (χ0n) is 10.2. The van der Waals surface area contributed by atoms with Crippen LogP contribution >= 0.6 is 11.6 Å². The van der Waals surface area contributed by atoms with Crippen LogP contribution < -0.4 is 5.32 Å². The number of halogens is 1. The van der Waals surface area contributed by atoms with Crippen LogP contribution in [0.5, 0.6) is 0 Å². The van der Waals surface area contributed by atoms with Gasteiger partial charge in [0.25, 0.3) is 5.69 Å². The van der Waals surface area contributed by atoms with Crippen LogP contribution in [0.1, 0.15) is 32.6 Å². The molecule has 0 spiro atoms. The monoisotopic (exact) mass is 269 g/mol. The Morgan fingerprint density at radius 3 is 2.89 bits per heavy atom. The predicted molar refractivity (Wildman–Crippen MR) is 70.9 cm³/mol. The van der Waals surface area contributed by atoms with Gasteiger partial charge in [0.15, 0.2) is 0 Å². The highest BCUT2D eigenvalue weighted by atomic mass is 35.5. The largest absolute Gasteiger partial charge is 0.367 e. The van der Waals surface area contributed by atoms with E-state index in [1.807, 2.05) is 0 Å². The molecule has 18 heavy (non-hydrogen) atoms. The van der Waals surface area contributed by atoms with E-state index in [0.29, 0.717) is 11.9 Å². The average Bonchev–Trinajstić information content (AvgIpc) is 3.11. The van der Waals surface area contributed by atoms with Crippen molar-refractivity contribution < 1.29 is 4.92 Å². The van der Waals surface area contributed by atoms with Gasteiger partial charge in [-0.15, -0.1) is 0 Å². The lowest BCUT2D eigenvalue weighted by atomic mass is 10.1. The molecule has 6 heteroatoms. The number of nitrogens with one attached hydrogen (secondary N) is 1. The van der Waals surface area contributed by atoms with Crippen LogP contribution in [0.15, 0.2) is 12.1 Å². The molecule has 0 saturated heterocycles. The molecule has 1 aromatic heterocycles. The molecule has 1 N–H and O–H groups in total. The molecule has 0 amide bonds. The molecule has 1 heterocycles. The van der Waals surface area contributed by atoms with Gasteiger partial charge in [-0.05, 0) is 18.8 Å². The fourth-order valence-corrected chi connectivity index (χ4v) is 2.16. The zero-order valence-corrected chi connectivity index (χ0v) is 11.0. The molecular formula is C12H16ClN3O2. The summed E-state index contributed by atoms with van der Waals surface area (Å²) in [5.74, 6) is 1.29. The lowest BCUT2D eigenvalue weighted by molar-refractivity contribution is -0.384. The number of pyridine rings is 1. The molecule has 0 bridgehead atoms. The molecule has 2 rings (SSSR count). The topological polar surface area (TPSA) is 68.1 Å². The Kier molecular flexibility index (Phi) is 4.01. The first-order valence-electron chi connectivity index (χ1n) is 6.17. The van der Waals surface area contributed by atoms with Gasteiger partial charge in [0.05, 0.1) is 17.1 Å². The third-order valence-electron chi connectivity index (χ3n) is 3.15. The number of nitrogens with zero attached hydrogens (tertiary/aromatic N) is 2. The standard InChI is InChI=1S/C12H16ClN3O2/c1-2-9(5-8-3-4-8)14-12-7-10(16(17)18)6-11(13)15-12/h6-9H,2-5H2,1H3,(H,14,15). The van der Waals surface area contributed by atoms with E-state index in [2.05, 4.69) is 17.2 Å². The second-order valence-electron chi connectivity index (χ2n) is 4.72. The summed E-state index contributed by atoms with van der Waals surface area (Å²) in [7, 11) is 0. The summed E-state index contributed by atoms with van der Waals surface area (Å²) in [6.07, 6.45) is 4.65. The Labute approximate surface area is 111 Å². The molecule has 0 aromatic carbocycles. The van der Waals surface area contributed by atoms with Crippen LogP contribution in [0.4, 0.5) is 11.5 Å². The fraction of sp³-hybridized carbons (Fsp3) is 0.583. The van der Waals surface area contributed by atoms with E-state index in [1.54, 1.807) is 0 Å². The first kappa shape index (κ1) is 13.1. The summed E-state index contributed by atoms with van der Waals surface area (Å²) in [5, 5.41) is 14.1. The summed E-state index contributed by atoms with van der Waals surface area (Å²) in [6.45, 7) is 2.10. The van der Waals surface area contributed by atoms with Crippen LogP contribution in [0.25, 0.3) is 0 Å². The second kappa shape index (κ2) is 5.52. The molecular weight excluding hydrogens is 254 g/mol. The lowest BCUT2D eigenvalue weighted by Crippen LogP contribution is -2.19. The molecule has 1 aliphatic rings. The maximum atomic E-state index is 10.7. The molecule has 1 aliphatic carbocycles. The van der Waals surface area contributed by atoms with E-state index >= 15 is 0 Å². The van der Waals surface area contributed by atoms with Gasteiger partial charge in [0.1, 0.15) is 11.0 Å². The quantitative estimate of drug-likeness (QED) is 0.486. The van der Waals surface area contributed by atoms with Crippen LogP contribution in [-0.4, -0.2) is 15.9 Å². The lowest BCUT2D eigenvalue weighted by Gasteiger charge is -2.17. The highest BCUT2D eigenvalue weighted by Crippen LogP contribution is 2.35. The smallest absolute Gasteiger partial charge is 0.276 e. The van der Waals surface area contributed by atoms with Crippen molar-refractivity contribution in [3.05, 3.63) is 27.4 Å². The number of hydrogen-bond donors (Lipinski definition) is 1. The number of rotatable bonds is 6. The van der Waals surface area contributed by atoms with E-state index < -0.39 is 4.92 Å². The summed E-state index contributed by atoms with van der Waals surface area (Å²) >= 11 is 5.78. The molecule has 1 aromatic rings. The maximum absolute atomic E-state index is 10.7. The fourth-order valence-electron chi connectivity index (χ4n) is 1.96. The molecule has 0 radical (unpaired) electrons. The van der Waals surface area contributed by atoms with Crippen molar-refractivity contribution in [3.8, 4) is 0 Å². The Morgan fingerprint density at radius 1 is 1.61 bits per heavy atom. The number of anilines is 1. The van der Waals surface area contributed by atoms with Gasteiger partial charge in [0, 0.05) is 6.04 Å². The van der Waals surface area contributed by atoms with Crippen molar-refractivity contribution in [3.63, 3.8) is 0 Å². The minimum atomic E-state index is -0.458. The highest BCUT2D eigenvalue weighted by molar-refractivity contribution is 6.29. The van der Waals surface area contributed by atoms with Crippen molar-refractivity contribution in [1.82, 2.24) is 4.98 Å². The van der Waals surface area contributed by atoms with Crippen molar-refractivity contribution in [2.45, 2.75) is 38.6 Å². The van der Waals surface area contributed by atoms with E-state index in [-0.39, 0.29) is 10.8 Å². The first-order chi connectivity index (χ1) is 8.58. The predicted octanol–water partition coefficient (Wildman–Crippen LogP) is 3.63. The van der Waals surface area contributed by atoms with E-state index in [9.17, 15) is 10.1 Å². The normalized spacial score (nSPS) is 16.3. The molecule has 5 nitrogen and oxygen atoms in total. The van der Waals surface area contributed by atoms with E-state index in [1.165, 1.54) is 25.0 Å². The SMILES string of the molecule is CCC(CC1CC1)Nc1cc([N+](=O)[O-])cc(Cl)n1. The maximum Gasteiger partial charge on any atom is 0.276 e. The molecule has 1 atom stereocenters. The van der Waals surface area contributed by atoms with Crippen molar-refractivity contribution in [2.24, 2.45) is 5.92 Å². The Bertz CT molecular complexity index is 449. The van der Waals surface area contributed by atoms with Gasteiger partial charge in [-0.1, -0.05) is 31.4 Å². The van der Waals surface area contributed by atoms with Gasteiger partial charge in [0.2, 0.25) is 0 Å². The van der Waals surface area contributed by atoms with Gasteiger partial charge >= 0.3 is 0 Å². The van der Waals surface area contributed by atoms with Gasteiger partial charge in [-0.25, -0.2) is 4.98 Å². The number of hydrogen-bond acceptors (Lipinski definition) is 4. The molecule has 1 fully saturated rings. The number of nitro groups is 1. The van der Waals surface area contributed by atoms with Gasteiger partial charge in [-0.3, -0.25) is 10.1 Å². The Hall–Kier alpha value is -1.36. The van der Waals surface area contributed by atoms with Crippen LogP contribution in [-0.2, 0) is 0 Å². The minimum absolute atomic E-state index is 0.0289. The second-order valence-corrected chi connectivity index (χ2v) is 5.11. The highest BCUT2D eigenvalue weighted by Gasteiger charge is 2.25. The summed E-state index contributed by atoms with van der Waals surface area (Å²) in [5.41, 5.74) is -0.0289. The number of aromatic nitrogens is 1. The Balaban J connectivity index is 2.08. The van der Waals surface area contributed by atoms with Crippen molar-refractivity contribution in [2.75, 3.05) is 5.32 Å². The van der Waals surface area contributed by atoms with Crippen LogP contribution in [0.3, 0.4) is 0 Å². The van der Waals surface area contributed by atoms with Gasteiger partial charge < -0.3 is 5.32 Å². The minimum Gasteiger partial charge on any atom is -0.367 e. The average molecular weight is 270 g/mol. The van der Waals surface area contributed by atoms with E-state index in [0.717, 1.165) is 18.8 Å². The third-order valence-corrected chi connectivity index (χ3v) is 3.34. The van der Waals surface area contributed by atoms with Gasteiger partial charge in [-0.2, -0.15) is 0 Å². The summed E-state index contributed by atoms with van der Waals surface area (Å²) < 4.78 is 0. The Morgan fingerprint density at radius 2 is 2.33 bits per heavy atom. The van der Waals surface area contributed by atoms with Crippen molar-refractivity contribution >= 4 is 23.1 Å². The van der Waals surface area contributed by atoms with Crippen LogP contribution in [0.2, 0.25) is 5.15 Å². The zero-order chi connectivity index (χ0) is 13.1. The van der Waals surface area contributed by atoms with E-state index in [4.69, 9.17) is 11.6 Å². The first-order valence-corrected chi connectivity index (χ1v) is 6.54. The third kappa shape index (κ3) is 3.57.